The number of carbonyl (C=O) groups excluding carboxylic acids is 2. The summed E-state index contributed by atoms with van der Waals surface area (Å²) in [5.41, 5.74) is -2.12. The molecule has 2 N–H and O–H groups in total. The highest BCUT2D eigenvalue weighted by atomic mass is 16.2. The van der Waals surface area contributed by atoms with Gasteiger partial charge in [-0.15, -0.1) is 0 Å². The molecular weight excluding hydrogens is 254 g/mol. The maximum absolute atomic E-state index is 12.0. The quantitative estimate of drug-likeness (QED) is 0.609. The number of aromatic amines is 2. The summed E-state index contributed by atoms with van der Waals surface area (Å²) in [4.78, 5) is 58.8. The number of imide groups is 1. The Kier molecular flexibility index (Phi) is 2.14. The van der Waals surface area contributed by atoms with Crippen LogP contribution in [0.3, 0.4) is 0 Å². The minimum Gasteiger partial charge on any atom is -0.312 e. The van der Waals surface area contributed by atoms with Gasteiger partial charge in [0.2, 0.25) is 0 Å². The first-order valence-corrected chi connectivity index (χ1v) is 5.11. The zero-order valence-corrected chi connectivity index (χ0v) is 9.21. The van der Waals surface area contributed by atoms with Crippen LogP contribution in [0.2, 0.25) is 0 Å². The highest BCUT2D eigenvalue weighted by molar-refractivity contribution is 6.32. The second-order valence-corrected chi connectivity index (χ2v) is 3.66. The van der Waals surface area contributed by atoms with Gasteiger partial charge in [-0.25, -0.2) is 19.7 Å². The Morgan fingerprint density at radius 2 is 1.53 bits per heavy atom. The van der Waals surface area contributed by atoms with Crippen LogP contribution in [0.15, 0.2) is 28.2 Å². The van der Waals surface area contributed by atoms with Crippen molar-refractivity contribution < 1.29 is 9.59 Å². The monoisotopic (exact) mass is 259 g/mol. The van der Waals surface area contributed by atoms with E-state index in [-0.39, 0.29) is 17.1 Å². The van der Waals surface area contributed by atoms with Crippen molar-refractivity contribution in [1.82, 2.24) is 19.9 Å². The minimum atomic E-state index is -0.849. The van der Waals surface area contributed by atoms with Gasteiger partial charge < -0.3 is 4.98 Å². The van der Waals surface area contributed by atoms with Gasteiger partial charge in [-0.2, -0.15) is 0 Å². The number of nitrogens with zero attached hydrogens (tertiary/aromatic N) is 3. The lowest BCUT2D eigenvalue weighted by molar-refractivity contribution is 0.0923. The first-order chi connectivity index (χ1) is 9.09. The molecule has 2 amide bonds. The van der Waals surface area contributed by atoms with Crippen molar-refractivity contribution in [3.63, 3.8) is 0 Å². The fraction of sp³-hybridized carbons (Fsp3) is 0. The molecule has 94 valence electrons. The molecule has 19 heavy (non-hydrogen) atoms. The van der Waals surface area contributed by atoms with Crippen molar-refractivity contribution in [3.8, 4) is 0 Å². The van der Waals surface area contributed by atoms with E-state index in [1.165, 1.54) is 12.4 Å². The number of H-pyrrole nitrogens is 2. The second-order valence-electron chi connectivity index (χ2n) is 3.66. The van der Waals surface area contributed by atoms with Crippen molar-refractivity contribution in [2.24, 2.45) is 0 Å². The minimum absolute atomic E-state index is 0.127. The topological polar surface area (TPSA) is 129 Å². The molecule has 3 rings (SSSR count). The van der Waals surface area contributed by atoms with E-state index in [0.29, 0.717) is 4.90 Å². The predicted molar refractivity (Wildman–Crippen MR) is 60.9 cm³/mol. The summed E-state index contributed by atoms with van der Waals surface area (Å²) in [6.07, 6.45) is 3.53. The molecular formula is C10H5N5O4. The van der Waals surface area contributed by atoms with E-state index >= 15 is 0 Å². The molecule has 3 heterocycles. The van der Waals surface area contributed by atoms with E-state index in [1.807, 2.05) is 4.98 Å². The van der Waals surface area contributed by atoms with E-state index in [1.54, 1.807) is 0 Å². The summed E-state index contributed by atoms with van der Waals surface area (Å²) in [6, 6.07) is 0. The van der Waals surface area contributed by atoms with E-state index in [0.717, 1.165) is 6.20 Å². The van der Waals surface area contributed by atoms with Gasteiger partial charge >= 0.3 is 5.69 Å². The molecule has 9 heteroatoms. The summed E-state index contributed by atoms with van der Waals surface area (Å²) in [5.74, 6) is -1.52. The summed E-state index contributed by atoms with van der Waals surface area (Å²) in [5, 5.41) is 0. The van der Waals surface area contributed by atoms with Crippen LogP contribution < -0.4 is 16.1 Å². The van der Waals surface area contributed by atoms with Gasteiger partial charge in [-0.3, -0.25) is 19.4 Å². The lowest BCUT2D eigenvalue weighted by atomic mass is 10.3. The number of amides is 2. The van der Waals surface area contributed by atoms with Crippen LogP contribution in [0.5, 0.6) is 0 Å². The molecule has 0 saturated carbocycles. The van der Waals surface area contributed by atoms with Gasteiger partial charge in [0.1, 0.15) is 5.69 Å². The van der Waals surface area contributed by atoms with Gasteiger partial charge in [0.05, 0.1) is 0 Å². The molecule has 2 aromatic rings. The van der Waals surface area contributed by atoms with E-state index in [9.17, 15) is 19.2 Å². The third-order valence-corrected chi connectivity index (χ3v) is 2.55. The Hall–Kier alpha value is -3.10. The van der Waals surface area contributed by atoms with Crippen molar-refractivity contribution in [3.05, 3.63) is 50.8 Å². The van der Waals surface area contributed by atoms with Gasteiger partial charge in [-0.1, -0.05) is 0 Å². The summed E-state index contributed by atoms with van der Waals surface area (Å²) in [6.45, 7) is 0. The van der Waals surface area contributed by atoms with Crippen LogP contribution in [0.4, 0.5) is 5.69 Å². The number of hydrogen-bond acceptors (Lipinski definition) is 6. The molecule has 9 nitrogen and oxygen atoms in total. The van der Waals surface area contributed by atoms with Crippen LogP contribution in [-0.4, -0.2) is 31.8 Å². The summed E-state index contributed by atoms with van der Waals surface area (Å²) in [7, 11) is 0. The molecule has 0 aromatic carbocycles. The largest absolute Gasteiger partial charge is 0.325 e. The maximum Gasteiger partial charge on any atom is 0.325 e. The average molecular weight is 259 g/mol. The first kappa shape index (κ1) is 11.0. The smallest absolute Gasteiger partial charge is 0.312 e. The van der Waals surface area contributed by atoms with Crippen LogP contribution in [-0.2, 0) is 0 Å². The molecule has 0 unspecified atom stereocenters. The molecule has 2 aromatic heterocycles. The number of nitrogens with one attached hydrogen (secondary N) is 2. The van der Waals surface area contributed by atoms with Gasteiger partial charge in [-0.05, 0) is 0 Å². The number of anilines is 1. The number of aromatic nitrogens is 4. The number of hydrogen-bond donors (Lipinski definition) is 2. The Bertz CT molecular complexity index is 786. The van der Waals surface area contributed by atoms with Gasteiger partial charge in [0.15, 0.2) is 11.4 Å². The first-order valence-electron chi connectivity index (χ1n) is 5.11. The van der Waals surface area contributed by atoms with Crippen molar-refractivity contribution in [1.29, 1.82) is 0 Å². The number of rotatable bonds is 1. The van der Waals surface area contributed by atoms with Gasteiger partial charge in [0.25, 0.3) is 17.4 Å². The second kappa shape index (κ2) is 3.70. The van der Waals surface area contributed by atoms with Crippen LogP contribution in [0.25, 0.3) is 0 Å². The SMILES string of the molecule is O=C1c2nccnc2C(=O)N1c1c[nH]c(=O)[nH]c1=O. The Morgan fingerprint density at radius 1 is 0.947 bits per heavy atom. The fourth-order valence-electron chi connectivity index (χ4n) is 1.74. The van der Waals surface area contributed by atoms with Crippen LogP contribution in [0, 0.1) is 0 Å². The third-order valence-electron chi connectivity index (χ3n) is 2.55. The molecule has 0 aliphatic carbocycles. The molecule has 0 radical (unpaired) electrons. The van der Waals surface area contributed by atoms with E-state index < -0.39 is 23.1 Å². The molecule has 1 aliphatic heterocycles. The predicted octanol–water partition coefficient (Wildman–Crippen LogP) is -1.35. The lowest BCUT2D eigenvalue weighted by Crippen LogP contribution is -2.36. The molecule has 0 saturated heterocycles. The van der Waals surface area contributed by atoms with Crippen LogP contribution in [0.1, 0.15) is 21.0 Å². The van der Waals surface area contributed by atoms with Crippen molar-refractivity contribution in [2.45, 2.75) is 0 Å². The Morgan fingerprint density at radius 3 is 2.05 bits per heavy atom. The van der Waals surface area contributed by atoms with Crippen molar-refractivity contribution in [2.75, 3.05) is 4.90 Å². The molecule has 1 aliphatic rings. The lowest BCUT2D eigenvalue weighted by Gasteiger charge is -2.10. The van der Waals surface area contributed by atoms with E-state index in [4.69, 9.17) is 0 Å². The van der Waals surface area contributed by atoms with Gasteiger partial charge in [0, 0.05) is 18.6 Å². The zero-order valence-electron chi connectivity index (χ0n) is 9.21. The highest BCUT2D eigenvalue weighted by Gasteiger charge is 2.40. The third kappa shape index (κ3) is 1.48. The Balaban J connectivity index is 2.19. The summed E-state index contributed by atoms with van der Waals surface area (Å²) < 4.78 is 0. The number of fused-ring (bicyclic) bond motifs is 1. The van der Waals surface area contributed by atoms with Crippen molar-refractivity contribution >= 4 is 17.5 Å². The molecule has 0 bridgehead atoms. The highest BCUT2D eigenvalue weighted by Crippen LogP contribution is 2.21. The average Bonchev–Trinajstić information content (AvgIpc) is 2.64. The molecule has 0 atom stereocenters. The standard InChI is InChI=1S/C10H5N5O4/c16-7-4(3-13-10(19)14-7)15-8(17)5-6(9(15)18)12-2-1-11-5/h1-3H,(H2,13,14,16,19). The number of carbonyl (C=O) groups is 2. The van der Waals surface area contributed by atoms with Crippen LogP contribution >= 0.6 is 0 Å². The van der Waals surface area contributed by atoms with E-state index in [2.05, 4.69) is 15.0 Å². The molecule has 0 fully saturated rings. The zero-order chi connectivity index (χ0) is 13.6. The molecule has 0 spiro atoms. The summed E-state index contributed by atoms with van der Waals surface area (Å²) >= 11 is 0. The fourth-order valence-corrected chi connectivity index (χ4v) is 1.74. The normalized spacial score (nSPS) is 13.8. The Labute approximate surface area is 103 Å². The maximum atomic E-state index is 12.0.